The van der Waals surface area contributed by atoms with Gasteiger partial charge in [-0.15, -0.1) is 10.2 Å². The molecule has 2 aromatic heterocycles. The SMILES string of the molecule is O=C(c1cc(-c2ccccc2)on1)N1CCN(c2ccc(N3CCOCC3)nn2)CC1. The van der Waals surface area contributed by atoms with Crippen LogP contribution in [0, 0.1) is 0 Å². The number of carbonyl (C=O) groups excluding carboxylic acids is 1. The number of nitrogens with zero attached hydrogens (tertiary/aromatic N) is 6. The van der Waals surface area contributed by atoms with Crippen LogP contribution in [-0.4, -0.2) is 78.6 Å². The summed E-state index contributed by atoms with van der Waals surface area (Å²) in [6.07, 6.45) is 0. The molecule has 1 amide bonds. The fourth-order valence-electron chi connectivity index (χ4n) is 3.86. The minimum Gasteiger partial charge on any atom is -0.378 e. The van der Waals surface area contributed by atoms with Crippen LogP contribution in [0.15, 0.2) is 53.1 Å². The lowest BCUT2D eigenvalue weighted by atomic mass is 10.1. The van der Waals surface area contributed by atoms with Crippen LogP contribution in [0.1, 0.15) is 10.5 Å². The molecule has 0 unspecified atom stereocenters. The van der Waals surface area contributed by atoms with Crippen molar-refractivity contribution in [3.05, 3.63) is 54.2 Å². The maximum atomic E-state index is 12.8. The second kappa shape index (κ2) is 8.73. The van der Waals surface area contributed by atoms with Crippen molar-refractivity contribution in [2.45, 2.75) is 0 Å². The highest BCUT2D eigenvalue weighted by Gasteiger charge is 2.25. The van der Waals surface area contributed by atoms with Crippen molar-refractivity contribution in [3.8, 4) is 11.3 Å². The third-order valence-electron chi connectivity index (χ3n) is 5.65. The molecular formula is C22H24N6O3. The van der Waals surface area contributed by atoms with Crippen molar-refractivity contribution >= 4 is 17.5 Å². The number of carbonyl (C=O) groups is 1. The Balaban J connectivity index is 1.18. The topological polar surface area (TPSA) is 87.8 Å². The number of amides is 1. The van der Waals surface area contributed by atoms with E-state index in [0.29, 0.717) is 37.6 Å². The maximum Gasteiger partial charge on any atom is 0.276 e. The molecule has 2 aliphatic rings. The molecule has 160 valence electrons. The Bertz CT molecular complexity index is 1010. The predicted octanol–water partition coefficient (Wildman–Crippen LogP) is 1.93. The Kier molecular flexibility index (Phi) is 5.49. The Hall–Kier alpha value is -3.46. The van der Waals surface area contributed by atoms with Gasteiger partial charge in [0.05, 0.1) is 13.2 Å². The van der Waals surface area contributed by atoms with E-state index >= 15 is 0 Å². The molecule has 31 heavy (non-hydrogen) atoms. The molecule has 1 aromatic carbocycles. The monoisotopic (exact) mass is 420 g/mol. The van der Waals surface area contributed by atoms with E-state index < -0.39 is 0 Å². The summed E-state index contributed by atoms with van der Waals surface area (Å²) in [4.78, 5) is 19.0. The van der Waals surface area contributed by atoms with Crippen molar-refractivity contribution in [1.82, 2.24) is 20.3 Å². The third kappa shape index (κ3) is 4.22. The average Bonchev–Trinajstić information content (AvgIpc) is 3.35. The number of aromatic nitrogens is 3. The predicted molar refractivity (Wildman–Crippen MR) is 115 cm³/mol. The summed E-state index contributed by atoms with van der Waals surface area (Å²) >= 11 is 0. The smallest absolute Gasteiger partial charge is 0.276 e. The van der Waals surface area contributed by atoms with Crippen LogP contribution >= 0.6 is 0 Å². The molecule has 0 atom stereocenters. The van der Waals surface area contributed by atoms with Crippen molar-refractivity contribution < 1.29 is 14.1 Å². The third-order valence-corrected chi connectivity index (χ3v) is 5.65. The molecule has 9 heteroatoms. The molecule has 2 aliphatic heterocycles. The second-order valence-corrected chi connectivity index (χ2v) is 7.57. The zero-order chi connectivity index (χ0) is 21.0. The van der Waals surface area contributed by atoms with Crippen LogP contribution in [0.25, 0.3) is 11.3 Å². The first-order valence-corrected chi connectivity index (χ1v) is 10.5. The van der Waals surface area contributed by atoms with E-state index in [0.717, 1.165) is 43.5 Å². The van der Waals surface area contributed by atoms with Gasteiger partial charge >= 0.3 is 0 Å². The van der Waals surface area contributed by atoms with Gasteiger partial charge in [0.1, 0.15) is 0 Å². The van der Waals surface area contributed by atoms with Gasteiger partial charge in [-0.1, -0.05) is 35.5 Å². The Morgan fingerprint density at radius 1 is 0.806 bits per heavy atom. The number of rotatable bonds is 4. The first-order valence-electron chi connectivity index (χ1n) is 10.5. The fourth-order valence-corrected chi connectivity index (χ4v) is 3.86. The number of hydrogen-bond donors (Lipinski definition) is 0. The normalized spacial score (nSPS) is 17.1. The lowest BCUT2D eigenvalue weighted by Crippen LogP contribution is -2.49. The summed E-state index contributed by atoms with van der Waals surface area (Å²) < 4.78 is 10.8. The summed E-state index contributed by atoms with van der Waals surface area (Å²) in [6.45, 7) is 5.70. The molecule has 3 aromatic rings. The molecule has 2 saturated heterocycles. The highest BCUT2D eigenvalue weighted by Crippen LogP contribution is 2.22. The summed E-state index contributed by atoms with van der Waals surface area (Å²) in [5.41, 5.74) is 1.24. The van der Waals surface area contributed by atoms with Crippen LogP contribution in [0.4, 0.5) is 11.6 Å². The molecule has 9 nitrogen and oxygen atoms in total. The largest absolute Gasteiger partial charge is 0.378 e. The van der Waals surface area contributed by atoms with Crippen LogP contribution < -0.4 is 9.80 Å². The van der Waals surface area contributed by atoms with E-state index in [1.54, 1.807) is 11.0 Å². The molecule has 0 saturated carbocycles. The van der Waals surface area contributed by atoms with E-state index in [1.165, 1.54) is 0 Å². The van der Waals surface area contributed by atoms with Gasteiger partial charge in [0.15, 0.2) is 23.1 Å². The highest BCUT2D eigenvalue weighted by molar-refractivity contribution is 5.93. The van der Waals surface area contributed by atoms with Gasteiger partial charge in [-0.3, -0.25) is 4.79 Å². The molecule has 2 fully saturated rings. The summed E-state index contributed by atoms with van der Waals surface area (Å²) in [5, 5.41) is 12.8. The van der Waals surface area contributed by atoms with Gasteiger partial charge in [-0.05, 0) is 12.1 Å². The zero-order valence-corrected chi connectivity index (χ0v) is 17.2. The number of anilines is 2. The minimum atomic E-state index is -0.112. The summed E-state index contributed by atoms with van der Waals surface area (Å²) in [5.74, 6) is 2.19. The first-order chi connectivity index (χ1) is 15.3. The second-order valence-electron chi connectivity index (χ2n) is 7.57. The molecule has 0 radical (unpaired) electrons. The fraction of sp³-hybridized carbons (Fsp3) is 0.364. The van der Waals surface area contributed by atoms with Gasteiger partial charge in [0, 0.05) is 50.9 Å². The van der Waals surface area contributed by atoms with Crippen molar-refractivity contribution in [1.29, 1.82) is 0 Å². The standard InChI is InChI=1S/C22H24N6O3/c29-22(18-16-19(31-25-18)17-4-2-1-3-5-17)28-10-8-26(9-11-28)20-6-7-21(24-23-20)27-12-14-30-15-13-27/h1-7,16H,8-15H2. The average molecular weight is 420 g/mol. The van der Waals surface area contributed by atoms with E-state index in [1.807, 2.05) is 42.5 Å². The van der Waals surface area contributed by atoms with Gasteiger partial charge < -0.3 is 24.0 Å². The lowest BCUT2D eigenvalue weighted by Gasteiger charge is -2.35. The molecule has 0 aliphatic carbocycles. The van der Waals surface area contributed by atoms with Gasteiger partial charge in [0.2, 0.25) is 0 Å². The number of hydrogen-bond acceptors (Lipinski definition) is 8. The highest BCUT2D eigenvalue weighted by atomic mass is 16.5. The number of morpholine rings is 1. The van der Waals surface area contributed by atoms with Crippen LogP contribution in [0.2, 0.25) is 0 Å². The molecular weight excluding hydrogens is 396 g/mol. The maximum absolute atomic E-state index is 12.8. The number of piperazine rings is 1. The Morgan fingerprint density at radius 2 is 1.45 bits per heavy atom. The Morgan fingerprint density at radius 3 is 2.10 bits per heavy atom. The van der Waals surface area contributed by atoms with Crippen LogP contribution in [0.3, 0.4) is 0 Å². The van der Waals surface area contributed by atoms with E-state index in [-0.39, 0.29) is 5.91 Å². The molecule has 0 bridgehead atoms. The van der Waals surface area contributed by atoms with E-state index in [2.05, 4.69) is 25.2 Å². The molecule has 5 rings (SSSR count). The van der Waals surface area contributed by atoms with Gasteiger partial charge in [0.25, 0.3) is 5.91 Å². The van der Waals surface area contributed by atoms with Gasteiger partial charge in [-0.2, -0.15) is 0 Å². The van der Waals surface area contributed by atoms with Crippen molar-refractivity contribution in [3.63, 3.8) is 0 Å². The molecule has 0 spiro atoms. The van der Waals surface area contributed by atoms with Crippen molar-refractivity contribution in [2.75, 3.05) is 62.3 Å². The quantitative estimate of drug-likeness (QED) is 0.633. The number of ether oxygens (including phenoxy) is 1. The zero-order valence-electron chi connectivity index (χ0n) is 17.2. The van der Waals surface area contributed by atoms with E-state index in [4.69, 9.17) is 9.26 Å². The van der Waals surface area contributed by atoms with E-state index in [9.17, 15) is 4.79 Å². The summed E-state index contributed by atoms with van der Waals surface area (Å²) in [7, 11) is 0. The molecule has 4 heterocycles. The molecule has 0 N–H and O–H groups in total. The van der Waals surface area contributed by atoms with Crippen molar-refractivity contribution in [2.24, 2.45) is 0 Å². The lowest BCUT2D eigenvalue weighted by molar-refractivity contribution is 0.0736. The van der Waals surface area contributed by atoms with Crippen LogP contribution in [0.5, 0.6) is 0 Å². The van der Waals surface area contributed by atoms with Gasteiger partial charge in [-0.25, -0.2) is 0 Å². The summed E-state index contributed by atoms with van der Waals surface area (Å²) in [6, 6.07) is 15.4. The Labute approximate surface area is 180 Å². The van der Waals surface area contributed by atoms with Crippen LogP contribution in [-0.2, 0) is 4.74 Å². The number of benzene rings is 1. The first kappa shape index (κ1) is 19.5. The minimum absolute atomic E-state index is 0.112.